The molecule has 0 unspecified atom stereocenters. The fourth-order valence-electron chi connectivity index (χ4n) is 3.89. The zero-order chi connectivity index (χ0) is 22.7. The number of anilines is 1. The summed E-state index contributed by atoms with van der Waals surface area (Å²) in [4.78, 5) is 27.5. The van der Waals surface area contributed by atoms with E-state index in [1.165, 1.54) is 16.9 Å². The number of aromatic nitrogens is 2. The van der Waals surface area contributed by atoms with Crippen molar-refractivity contribution < 1.29 is 18.4 Å². The van der Waals surface area contributed by atoms with Crippen molar-refractivity contribution in [2.75, 3.05) is 18.4 Å². The first kappa shape index (κ1) is 21.7. The number of halogens is 2. The highest BCUT2D eigenvalue weighted by molar-refractivity contribution is 6.08. The van der Waals surface area contributed by atoms with Gasteiger partial charge in [0.1, 0.15) is 17.3 Å². The molecule has 6 nitrogen and oxygen atoms in total. The molecule has 0 atom stereocenters. The van der Waals surface area contributed by atoms with Crippen molar-refractivity contribution in [1.82, 2.24) is 14.7 Å². The van der Waals surface area contributed by atoms with Gasteiger partial charge in [-0.3, -0.25) is 14.3 Å². The second-order valence-corrected chi connectivity index (χ2v) is 7.93. The first-order valence-electron chi connectivity index (χ1n) is 10.6. The number of carbonyl (C=O) groups is 2. The number of likely N-dealkylation sites (tertiary alicyclic amines) is 1. The molecule has 0 aliphatic carbocycles. The van der Waals surface area contributed by atoms with Crippen LogP contribution >= 0.6 is 0 Å². The third-order valence-corrected chi connectivity index (χ3v) is 5.54. The Hall–Kier alpha value is -3.55. The average molecular weight is 438 g/mol. The Bertz CT molecular complexity index is 1130. The third-order valence-electron chi connectivity index (χ3n) is 5.54. The third kappa shape index (κ3) is 4.69. The van der Waals surface area contributed by atoms with E-state index in [1.807, 2.05) is 4.90 Å². The van der Waals surface area contributed by atoms with Crippen molar-refractivity contribution >= 4 is 17.5 Å². The Morgan fingerprint density at radius 1 is 0.969 bits per heavy atom. The van der Waals surface area contributed by atoms with Crippen LogP contribution in [0.15, 0.2) is 48.7 Å². The fraction of sp³-hybridized carbons (Fsp3) is 0.292. The summed E-state index contributed by atoms with van der Waals surface area (Å²) in [5, 5.41) is 6.93. The SMILES string of the molecule is Cn1cc(C(=O)Nc2ccc(C(=O)N3CCCCCC3)cc2)c(-c2ccc(F)cc2F)n1. The van der Waals surface area contributed by atoms with Crippen LogP contribution in [0, 0.1) is 11.6 Å². The van der Waals surface area contributed by atoms with Gasteiger partial charge in [-0.1, -0.05) is 12.8 Å². The summed E-state index contributed by atoms with van der Waals surface area (Å²) in [5.74, 6) is -1.99. The Morgan fingerprint density at radius 3 is 2.31 bits per heavy atom. The topological polar surface area (TPSA) is 67.2 Å². The standard InChI is InChI=1S/C24H24F2N4O2/c1-29-15-20(22(28-29)19-11-8-17(25)14-21(19)26)23(31)27-18-9-6-16(7-10-18)24(32)30-12-4-2-3-5-13-30/h6-11,14-15H,2-5,12-13H2,1H3,(H,27,31). The molecular formula is C24H24F2N4O2. The first-order valence-corrected chi connectivity index (χ1v) is 10.6. The molecule has 3 aromatic rings. The van der Waals surface area contributed by atoms with Crippen LogP contribution in [0.2, 0.25) is 0 Å². The lowest BCUT2D eigenvalue weighted by Gasteiger charge is -2.20. The number of rotatable bonds is 4. The highest BCUT2D eigenvalue weighted by atomic mass is 19.1. The Morgan fingerprint density at radius 2 is 1.66 bits per heavy atom. The van der Waals surface area contributed by atoms with Crippen molar-refractivity contribution in [3.8, 4) is 11.3 Å². The number of aryl methyl sites for hydroxylation is 1. The molecule has 32 heavy (non-hydrogen) atoms. The second-order valence-electron chi connectivity index (χ2n) is 7.93. The van der Waals surface area contributed by atoms with Crippen LogP contribution in [0.5, 0.6) is 0 Å². The van der Waals surface area contributed by atoms with Gasteiger partial charge in [0, 0.05) is 49.2 Å². The molecule has 8 heteroatoms. The molecule has 0 spiro atoms. The highest BCUT2D eigenvalue weighted by Gasteiger charge is 2.21. The highest BCUT2D eigenvalue weighted by Crippen LogP contribution is 2.26. The molecule has 4 rings (SSSR count). The summed E-state index contributed by atoms with van der Waals surface area (Å²) in [6, 6.07) is 9.84. The van der Waals surface area contributed by atoms with E-state index in [-0.39, 0.29) is 22.7 Å². The minimum Gasteiger partial charge on any atom is -0.339 e. The molecule has 1 saturated heterocycles. The minimum atomic E-state index is -0.797. The van der Waals surface area contributed by atoms with Gasteiger partial charge in [-0.25, -0.2) is 8.78 Å². The molecule has 2 amide bonds. The van der Waals surface area contributed by atoms with Gasteiger partial charge < -0.3 is 10.2 Å². The van der Waals surface area contributed by atoms with Crippen molar-refractivity contribution in [3.63, 3.8) is 0 Å². The van der Waals surface area contributed by atoms with E-state index in [2.05, 4.69) is 10.4 Å². The molecule has 166 valence electrons. The van der Waals surface area contributed by atoms with E-state index in [0.717, 1.165) is 50.9 Å². The van der Waals surface area contributed by atoms with Crippen LogP contribution in [0.25, 0.3) is 11.3 Å². The van der Waals surface area contributed by atoms with Gasteiger partial charge in [0.25, 0.3) is 11.8 Å². The van der Waals surface area contributed by atoms with Crippen LogP contribution in [0.1, 0.15) is 46.4 Å². The summed E-state index contributed by atoms with van der Waals surface area (Å²) in [7, 11) is 1.62. The number of carbonyl (C=O) groups excluding carboxylic acids is 2. The molecule has 2 aromatic carbocycles. The minimum absolute atomic E-state index is 0.00823. The van der Waals surface area contributed by atoms with Gasteiger partial charge in [0.2, 0.25) is 0 Å². The van der Waals surface area contributed by atoms with Gasteiger partial charge >= 0.3 is 0 Å². The van der Waals surface area contributed by atoms with E-state index in [9.17, 15) is 18.4 Å². The van der Waals surface area contributed by atoms with Crippen LogP contribution in [-0.2, 0) is 7.05 Å². The molecule has 1 N–H and O–H groups in total. The summed E-state index contributed by atoms with van der Waals surface area (Å²) in [6.45, 7) is 1.53. The summed E-state index contributed by atoms with van der Waals surface area (Å²) >= 11 is 0. The van der Waals surface area contributed by atoms with E-state index in [1.54, 1.807) is 31.3 Å². The average Bonchev–Trinajstić information content (AvgIpc) is 2.97. The number of nitrogens with zero attached hydrogens (tertiary/aromatic N) is 3. The smallest absolute Gasteiger partial charge is 0.259 e. The van der Waals surface area contributed by atoms with E-state index in [4.69, 9.17) is 0 Å². The molecule has 1 aliphatic heterocycles. The van der Waals surface area contributed by atoms with Gasteiger partial charge in [-0.2, -0.15) is 5.10 Å². The predicted molar refractivity (Wildman–Crippen MR) is 117 cm³/mol. The molecule has 2 heterocycles. The molecule has 1 fully saturated rings. The summed E-state index contributed by atoms with van der Waals surface area (Å²) in [6.07, 6.45) is 5.80. The van der Waals surface area contributed by atoms with Gasteiger partial charge in [-0.15, -0.1) is 0 Å². The monoisotopic (exact) mass is 438 g/mol. The van der Waals surface area contributed by atoms with Crippen LogP contribution < -0.4 is 5.32 Å². The van der Waals surface area contributed by atoms with Gasteiger partial charge in [-0.05, 0) is 49.2 Å². The van der Waals surface area contributed by atoms with E-state index < -0.39 is 17.5 Å². The molecule has 1 aromatic heterocycles. The maximum atomic E-state index is 14.3. The van der Waals surface area contributed by atoms with Crippen LogP contribution in [0.3, 0.4) is 0 Å². The van der Waals surface area contributed by atoms with Gasteiger partial charge in [0.05, 0.1) is 5.56 Å². The predicted octanol–water partition coefficient (Wildman–Crippen LogP) is 4.63. The van der Waals surface area contributed by atoms with Gasteiger partial charge in [0.15, 0.2) is 0 Å². The zero-order valence-electron chi connectivity index (χ0n) is 17.8. The van der Waals surface area contributed by atoms with Crippen molar-refractivity contribution in [2.24, 2.45) is 7.05 Å². The van der Waals surface area contributed by atoms with Crippen molar-refractivity contribution in [3.05, 3.63) is 71.4 Å². The maximum absolute atomic E-state index is 14.3. The van der Waals surface area contributed by atoms with E-state index >= 15 is 0 Å². The lowest BCUT2D eigenvalue weighted by atomic mass is 10.1. The summed E-state index contributed by atoms with van der Waals surface area (Å²) < 4.78 is 28.9. The Kier molecular flexibility index (Phi) is 6.30. The normalized spacial score (nSPS) is 14.2. The number of hydrogen-bond acceptors (Lipinski definition) is 3. The Balaban J connectivity index is 1.50. The lowest BCUT2D eigenvalue weighted by molar-refractivity contribution is 0.0761. The molecule has 0 bridgehead atoms. The largest absolute Gasteiger partial charge is 0.339 e. The zero-order valence-corrected chi connectivity index (χ0v) is 17.8. The number of hydrogen-bond donors (Lipinski definition) is 1. The molecule has 0 radical (unpaired) electrons. The first-order chi connectivity index (χ1) is 15.4. The quantitative estimate of drug-likeness (QED) is 0.646. The fourth-order valence-corrected chi connectivity index (χ4v) is 3.89. The van der Waals surface area contributed by atoms with Crippen molar-refractivity contribution in [1.29, 1.82) is 0 Å². The van der Waals surface area contributed by atoms with Crippen LogP contribution in [0.4, 0.5) is 14.5 Å². The van der Waals surface area contributed by atoms with Crippen molar-refractivity contribution in [2.45, 2.75) is 25.7 Å². The maximum Gasteiger partial charge on any atom is 0.259 e. The molecular weight excluding hydrogens is 414 g/mol. The Labute approximate surface area is 184 Å². The number of nitrogens with one attached hydrogen (secondary N) is 1. The second kappa shape index (κ2) is 9.30. The number of benzene rings is 2. The van der Waals surface area contributed by atoms with Crippen LogP contribution in [-0.4, -0.2) is 39.6 Å². The van der Waals surface area contributed by atoms with E-state index in [0.29, 0.717) is 11.3 Å². The molecule has 1 aliphatic rings. The molecule has 0 saturated carbocycles. The number of amides is 2. The lowest BCUT2D eigenvalue weighted by Crippen LogP contribution is -2.31. The summed E-state index contributed by atoms with van der Waals surface area (Å²) in [5.41, 5.74) is 1.38.